The van der Waals surface area contributed by atoms with Crippen molar-refractivity contribution in [2.45, 2.75) is 153 Å². The number of nitrogens with zero attached hydrogens (tertiary/aromatic N) is 4. The Balaban J connectivity index is 0.890. The molecule has 7 atom stereocenters. The first kappa shape index (κ1) is 64.5. The number of likely N-dealkylation sites (N-methyl/N-ethyl adjacent to an activating group) is 1. The lowest BCUT2D eigenvalue weighted by Crippen LogP contribution is -2.60. The maximum atomic E-state index is 16.3. The predicted molar refractivity (Wildman–Crippen MR) is 326 cm³/mol. The second-order valence-electron chi connectivity index (χ2n) is 24.0. The maximum absolute atomic E-state index is 16.3. The monoisotopic (exact) mass is 1180 g/mol. The van der Waals surface area contributed by atoms with Crippen LogP contribution in [0.5, 0.6) is 0 Å². The molecule has 0 aromatic heterocycles. The quantitative estimate of drug-likeness (QED) is 0.0455. The van der Waals surface area contributed by atoms with Crippen LogP contribution in [0.25, 0.3) is 11.1 Å². The summed E-state index contributed by atoms with van der Waals surface area (Å²) in [6.45, 7) is 4.80. The van der Waals surface area contributed by atoms with E-state index < -0.39 is 78.8 Å². The van der Waals surface area contributed by atoms with Gasteiger partial charge in [-0.25, -0.2) is 8.78 Å². The standard InChI is InChI=1S/C67H87F2N9O8/c1-44(2)61(81)73-60(51-23-15-8-16-24-51)67(86)78-40-36-55(69)65(78)77(38-34-47-19-11-6-12-20-47)58(80)42-72-64(84)53-31-27-49(28-32-53)48-25-29-52(30-26-48)63(83)71-41-57(79)75(37-33-46-17-9-5-10-18-46)43-56-54(68)35-39-76(56)66(85)59(50-21-13-7-14-22-50)74-62(82)45(3)70-4/h5-6,9-12,17-20,25-32,44-45,50-51,54-56,59-60,65,70H,7-8,13-16,21-24,33-43H2,1-4H3,(H,71,83)(H,72,84)(H,73,81)(H,74,82)/t45-,54-,55-,56+,59-,60-,65?/m0/s1. The van der Waals surface area contributed by atoms with Crippen molar-refractivity contribution in [3.05, 3.63) is 131 Å². The SMILES string of the molecule is CN[C@@H](C)C(=O)N[C@H](C(=O)N1CC[C@H](F)[C@H]1CN(CCc1ccccc1)C(=O)CNC(=O)c1ccc(-c2ccc(C(=O)NCC(=O)N(CCc3ccccc3)C3[C@@H](F)CCN3C(=O)[C@@H](NC(=O)C(C)C)C3CCCCC3)cc2)cc1)C1CCCCC1. The van der Waals surface area contributed by atoms with E-state index in [1.54, 1.807) is 76.3 Å². The second-order valence-corrected chi connectivity index (χ2v) is 24.0. The van der Waals surface area contributed by atoms with Gasteiger partial charge in [-0.3, -0.25) is 38.4 Å². The molecule has 4 fully saturated rings. The van der Waals surface area contributed by atoms with Gasteiger partial charge in [-0.15, -0.1) is 0 Å². The number of hydrogen-bond donors (Lipinski definition) is 5. The molecule has 8 rings (SSSR count). The molecular formula is C67H87F2N9O8. The largest absolute Gasteiger partial charge is 0.344 e. The molecule has 19 heteroatoms. The summed E-state index contributed by atoms with van der Waals surface area (Å²) in [5, 5.41) is 14.4. The van der Waals surface area contributed by atoms with E-state index in [-0.39, 0.29) is 98.7 Å². The fourth-order valence-electron chi connectivity index (χ4n) is 12.5. The molecule has 4 aliphatic rings. The first-order valence-electron chi connectivity index (χ1n) is 31.1. The van der Waals surface area contributed by atoms with Gasteiger partial charge in [0.2, 0.25) is 35.4 Å². The number of nitrogens with one attached hydrogen (secondary N) is 5. The van der Waals surface area contributed by atoms with E-state index in [0.29, 0.717) is 12.8 Å². The molecule has 17 nitrogen and oxygen atoms in total. The van der Waals surface area contributed by atoms with E-state index in [0.717, 1.165) is 86.5 Å². The Hall–Kier alpha value is -7.54. The van der Waals surface area contributed by atoms with E-state index in [2.05, 4.69) is 26.6 Å². The van der Waals surface area contributed by atoms with Crippen LogP contribution in [-0.2, 0) is 41.6 Å². The van der Waals surface area contributed by atoms with Crippen LogP contribution in [0.3, 0.4) is 0 Å². The van der Waals surface area contributed by atoms with Gasteiger partial charge in [0.25, 0.3) is 11.8 Å². The third kappa shape index (κ3) is 16.9. The number of carbonyl (C=O) groups is 8. The van der Waals surface area contributed by atoms with Crippen LogP contribution < -0.4 is 26.6 Å². The number of likely N-dealkylation sites (tertiary alicyclic amines) is 2. The molecule has 0 bridgehead atoms. The minimum atomic E-state index is -1.55. The molecule has 0 radical (unpaired) electrons. The van der Waals surface area contributed by atoms with E-state index in [1.165, 1.54) is 19.6 Å². The summed E-state index contributed by atoms with van der Waals surface area (Å²) in [6.07, 6.45) is 5.59. The fourth-order valence-corrected chi connectivity index (χ4v) is 12.5. The van der Waals surface area contributed by atoms with Crippen molar-refractivity contribution in [2.24, 2.45) is 17.8 Å². The number of halogens is 2. The number of alkyl halides is 2. The lowest BCUT2D eigenvalue weighted by atomic mass is 9.83. The number of carbonyl (C=O) groups excluding carboxylic acids is 8. The minimum absolute atomic E-state index is 0.0184. The molecule has 462 valence electrons. The summed E-state index contributed by atoms with van der Waals surface area (Å²) in [5.41, 5.74) is 3.86. The highest BCUT2D eigenvalue weighted by atomic mass is 19.1. The zero-order chi connectivity index (χ0) is 61.3. The highest BCUT2D eigenvalue weighted by Crippen LogP contribution is 2.33. The molecular weight excluding hydrogens is 1100 g/mol. The Morgan fingerprint density at radius 1 is 0.535 bits per heavy atom. The zero-order valence-electron chi connectivity index (χ0n) is 50.3. The fraction of sp³-hybridized carbons (Fsp3) is 0.522. The van der Waals surface area contributed by atoms with E-state index in [1.807, 2.05) is 60.7 Å². The van der Waals surface area contributed by atoms with Crippen LogP contribution in [-0.4, -0.2) is 162 Å². The van der Waals surface area contributed by atoms with Gasteiger partial charge >= 0.3 is 0 Å². The Kier molecular flexibility index (Phi) is 23.4. The molecule has 1 unspecified atom stereocenters. The van der Waals surface area contributed by atoms with Crippen LogP contribution in [0.1, 0.15) is 130 Å². The minimum Gasteiger partial charge on any atom is -0.344 e. The molecule has 2 heterocycles. The van der Waals surface area contributed by atoms with Crippen molar-refractivity contribution >= 4 is 47.3 Å². The first-order valence-corrected chi connectivity index (χ1v) is 31.1. The van der Waals surface area contributed by atoms with E-state index >= 15 is 8.78 Å². The summed E-state index contributed by atoms with van der Waals surface area (Å²) >= 11 is 0. The molecule has 5 N–H and O–H groups in total. The van der Waals surface area contributed by atoms with E-state index in [4.69, 9.17) is 0 Å². The van der Waals surface area contributed by atoms with Crippen LogP contribution in [0.15, 0.2) is 109 Å². The maximum Gasteiger partial charge on any atom is 0.251 e. The van der Waals surface area contributed by atoms with Gasteiger partial charge in [-0.1, -0.05) is 137 Å². The number of benzene rings is 4. The van der Waals surface area contributed by atoms with Crippen molar-refractivity contribution in [3.8, 4) is 11.1 Å². The van der Waals surface area contributed by atoms with Crippen molar-refractivity contribution < 1.29 is 47.1 Å². The zero-order valence-corrected chi connectivity index (χ0v) is 50.3. The van der Waals surface area contributed by atoms with Crippen molar-refractivity contribution in [1.82, 2.24) is 46.2 Å². The Bertz CT molecular complexity index is 2920. The van der Waals surface area contributed by atoms with Crippen molar-refractivity contribution in [1.29, 1.82) is 0 Å². The molecule has 2 aliphatic carbocycles. The second kappa shape index (κ2) is 31.2. The van der Waals surface area contributed by atoms with Gasteiger partial charge in [0.1, 0.15) is 30.6 Å². The Morgan fingerprint density at radius 2 is 0.988 bits per heavy atom. The molecule has 86 heavy (non-hydrogen) atoms. The third-order valence-corrected chi connectivity index (χ3v) is 17.9. The molecule has 2 saturated heterocycles. The molecule has 8 amide bonds. The third-order valence-electron chi connectivity index (χ3n) is 17.9. The highest BCUT2D eigenvalue weighted by Gasteiger charge is 2.47. The summed E-state index contributed by atoms with van der Waals surface area (Å²) in [5.74, 6) is -3.94. The smallest absolute Gasteiger partial charge is 0.251 e. The van der Waals surface area contributed by atoms with Gasteiger partial charge in [0.05, 0.1) is 25.2 Å². The van der Waals surface area contributed by atoms with Crippen LogP contribution in [0.2, 0.25) is 0 Å². The first-order chi connectivity index (χ1) is 41.5. The summed E-state index contributed by atoms with van der Waals surface area (Å²) < 4.78 is 32.3. The van der Waals surface area contributed by atoms with Gasteiger partial charge in [0, 0.05) is 56.2 Å². The summed E-state index contributed by atoms with van der Waals surface area (Å²) in [6, 6.07) is 29.2. The molecule has 4 aromatic rings. The Labute approximate surface area is 505 Å². The van der Waals surface area contributed by atoms with Crippen molar-refractivity contribution in [2.75, 3.05) is 52.9 Å². The lowest BCUT2D eigenvalue weighted by molar-refractivity contribution is -0.149. The molecule has 0 spiro atoms. The molecule has 4 aromatic carbocycles. The van der Waals surface area contributed by atoms with Gasteiger partial charge in [-0.05, 0) is 117 Å². The lowest BCUT2D eigenvalue weighted by Gasteiger charge is -2.39. The van der Waals surface area contributed by atoms with Crippen molar-refractivity contribution in [3.63, 3.8) is 0 Å². The average Bonchev–Trinajstić information content (AvgIpc) is 2.24. The van der Waals surface area contributed by atoms with Crippen LogP contribution in [0, 0.1) is 17.8 Å². The summed E-state index contributed by atoms with van der Waals surface area (Å²) in [4.78, 5) is 117. The van der Waals surface area contributed by atoms with Crippen LogP contribution in [0.4, 0.5) is 8.78 Å². The highest BCUT2D eigenvalue weighted by molar-refractivity contribution is 5.98. The summed E-state index contributed by atoms with van der Waals surface area (Å²) in [7, 11) is 1.67. The average molecular weight is 1180 g/mol. The Morgan fingerprint density at radius 3 is 1.49 bits per heavy atom. The topological polar surface area (TPSA) is 210 Å². The van der Waals surface area contributed by atoms with Gasteiger partial charge < -0.3 is 46.2 Å². The number of amides is 8. The normalized spacial score (nSPS) is 20.1. The van der Waals surface area contributed by atoms with Gasteiger partial charge in [-0.2, -0.15) is 0 Å². The van der Waals surface area contributed by atoms with Crippen LogP contribution >= 0.6 is 0 Å². The molecule has 2 saturated carbocycles. The predicted octanol–water partition coefficient (Wildman–Crippen LogP) is 7.19. The van der Waals surface area contributed by atoms with Gasteiger partial charge in [0.15, 0.2) is 0 Å². The molecule has 2 aliphatic heterocycles. The number of rotatable bonds is 25. The van der Waals surface area contributed by atoms with E-state index in [9.17, 15) is 38.4 Å². The number of hydrogen-bond acceptors (Lipinski definition) is 9.